The lowest BCUT2D eigenvalue weighted by Gasteiger charge is -2.18. The third-order valence-corrected chi connectivity index (χ3v) is 2.44. The van der Waals surface area contributed by atoms with Crippen molar-refractivity contribution in [3.8, 4) is 6.07 Å². The van der Waals surface area contributed by atoms with Gasteiger partial charge in [-0.1, -0.05) is 17.7 Å². The molecule has 1 saturated carbocycles. The normalized spacial score (nSPS) is 28.0. The molecule has 1 aliphatic carbocycles. The van der Waals surface area contributed by atoms with Gasteiger partial charge in [-0.3, -0.25) is 5.32 Å². The van der Waals surface area contributed by atoms with Crippen molar-refractivity contribution in [3.63, 3.8) is 0 Å². The van der Waals surface area contributed by atoms with Crippen LogP contribution in [-0.2, 0) is 0 Å². The number of rotatable bonds is 0. The first-order chi connectivity index (χ1) is 4.91. The van der Waals surface area contributed by atoms with E-state index in [1.54, 1.807) is 0 Å². The van der Waals surface area contributed by atoms with Crippen molar-refractivity contribution >= 4 is 0 Å². The number of nitrogens with one attached hydrogen (secondary N) is 1. The summed E-state index contributed by atoms with van der Waals surface area (Å²) in [6, 6.07) is 3.21. The highest BCUT2D eigenvalue weighted by Crippen LogP contribution is 2.29. The predicted molar refractivity (Wildman–Crippen MR) is 41.3 cm³/mol. The average molecular weight is 137 g/mol. The lowest BCUT2D eigenvalue weighted by atomic mass is 9.99. The van der Waals surface area contributed by atoms with Crippen LogP contribution in [0.2, 0.25) is 0 Å². The monoisotopic (exact) mass is 137 g/mol. The second kappa shape index (κ2) is 2.25. The van der Waals surface area contributed by atoms with Crippen LogP contribution in [0.15, 0.2) is 0 Å². The quantitative estimate of drug-likeness (QED) is 0.531. The number of hydrogen-bond acceptors (Lipinski definition) is 1. The van der Waals surface area contributed by atoms with Gasteiger partial charge >= 0.3 is 0 Å². The molecule has 0 aromatic carbocycles. The van der Waals surface area contributed by atoms with Crippen LogP contribution in [0, 0.1) is 6.07 Å². The van der Waals surface area contributed by atoms with Gasteiger partial charge in [0, 0.05) is 0 Å². The predicted octanol–water partition coefficient (Wildman–Crippen LogP) is 1.24. The Morgan fingerprint density at radius 2 is 2.10 bits per heavy atom. The second-order valence-electron chi connectivity index (χ2n) is 3.21. The molecule has 54 valence electrons. The fourth-order valence-electron chi connectivity index (χ4n) is 1.86. The first-order valence-electron chi connectivity index (χ1n) is 4.10. The van der Waals surface area contributed by atoms with Gasteiger partial charge in [-0.05, 0) is 12.8 Å². The second-order valence-corrected chi connectivity index (χ2v) is 3.21. The maximum atomic E-state index is 4.20. The van der Waals surface area contributed by atoms with Crippen molar-refractivity contribution in [2.24, 2.45) is 0 Å². The summed E-state index contributed by atoms with van der Waals surface area (Å²) in [7, 11) is 0. The minimum Gasteiger partial charge on any atom is -0.289 e. The SMILES string of the molecule is C1#[N+]CCNC12CCCC2. The lowest BCUT2D eigenvalue weighted by Crippen LogP contribution is -2.44. The molecule has 1 aliphatic heterocycles. The van der Waals surface area contributed by atoms with Crippen LogP contribution in [0.4, 0.5) is 0 Å². The van der Waals surface area contributed by atoms with E-state index in [4.69, 9.17) is 0 Å². The number of hydrogen-bond donors (Lipinski definition) is 1. The minimum absolute atomic E-state index is 0.207. The number of nitrogens with zero attached hydrogens (tertiary/aromatic N) is 1. The molecule has 0 unspecified atom stereocenters. The first-order valence-corrected chi connectivity index (χ1v) is 4.10. The molecule has 2 nitrogen and oxygen atoms in total. The summed E-state index contributed by atoms with van der Waals surface area (Å²) in [6.07, 6.45) is 5.18. The van der Waals surface area contributed by atoms with Crippen molar-refractivity contribution in [2.75, 3.05) is 13.1 Å². The Kier molecular flexibility index (Phi) is 1.39. The summed E-state index contributed by atoms with van der Waals surface area (Å²) < 4.78 is 0. The van der Waals surface area contributed by atoms with Crippen LogP contribution in [0.1, 0.15) is 25.7 Å². The maximum absolute atomic E-state index is 4.20. The van der Waals surface area contributed by atoms with Crippen molar-refractivity contribution in [1.82, 2.24) is 5.32 Å². The summed E-state index contributed by atoms with van der Waals surface area (Å²) in [5.74, 6) is 0. The van der Waals surface area contributed by atoms with Crippen LogP contribution >= 0.6 is 0 Å². The molecule has 2 aliphatic rings. The average Bonchev–Trinajstić information content (AvgIpc) is 2.39. The molecule has 2 rings (SSSR count). The molecular weight excluding hydrogens is 124 g/mol. The highest BCUT2D eigenvalue weighted by Gasteiger charge is 2.38. The molecule has 0 saturated heterocycles. The lowest BCUT2D eigenvalue weighted by molar-refractivity contribution is 0.427. The van der Waals surface area contributed by atoms with Gasteiger partial charge in [0.15, 0.2) is 5.54 Å². The molecule has 0 bridgehead atoms. The maximum Gasteiger partial charge on any atom is 0.295 e. The Morgan fingerprint density at radius 3 is 2.70 bits per heavy atom. The highest BCUT2D eigenvalue weighted by molar-refractivity contribution is 5.17. The summed E-state index contributed by atoms with van der Waals surface area (Å²) >= 11 is 0. The van der Waals surface area contributed by atoms with Crippen LogP contribution in [0.5, 0.6) is 0 Å². The molecule has 1 fully saturated rings. The third-order valence-electron chi connectivity index (χ3n) is 2.44. The van der Waals surface area contributed by atoms with Gasteiger partial charge in [0.25, 0.3) is 12.6 Å². The molecule has 2 heteroatoms. The Bertz CT molecular complexity index is 181. The Labute approximate surface area is 61.4 Å². The smallest absolute Gasteiger partial charge is 0.289 e. The van der Waals surface area contributed by atoms with E-state index in [2.05, 4.69) is 16.2 Å². The molecule has 1 spiro atoms. The van der Waals surface area contributed by atoms with E-state index in [1.807, 2.05) is 0 Å². The first kappa shape index (κ1) is 6.18. The molecule has 0 aromatic heterocycles. The van der Waals surface area contributed by atoms with E-state index < -0.39 is 0 Å². The van der Waals surface area contributed by atoms with Crippen molar-refractivity contribution < 1.29 is 0 Å². The van der Waals surface area contributed by atoms with Gasteiger partial charge in [0.05, 0.1) is 6.54 Å². The van der Waals surface area contributed by atoms with E-state index in [-0.39, 0.29) is 5.54 Å². The fraction of sp³-hybridized carbons (Fsp3) is 0.875. The van der Waals surface area contributed by atoms with Gasteiger partial charge in [-0.2, -0.15) is 0 Å². The van der Waals surface area contributed by atoms with Crippen LogP contribution in [-0.4, -0.2) is 18.6 Å². The fourth-order valence-corrected chi connectivity index (χ4v) is 1.86. The Hall–Kier alpha value is -0.550. The largest absolute Gasteiger partial charge is 0.295 e. The van der Waals surface area contributed by atoms with Crippen molar-refractivity contribution in [1.29, 1.82) is 0 Å². The zero-order chi connectivity index (χ0) is 6.86. The molecule has 1 N–H and O–H groups in total. The molecule has 0 atom stereocenters. The zero-order valence-electron chi connectivity index (χ0n) is 6.19. The summed E-state index contributed by atoms with van der Waals surface area (Å²) in [5, 5.41) is 3.49. The van der Waals surface area contributed by atoms with Gasteiger partial charge in [0.2, 0.25) is 0 Å². The van der Waals surface area contributed by atoms with Gasteiger partial charge in [0.1, 0.15) is 0 Å². The molecular formula is C8H13N2+. The summed E-state index contributed by atoms with van der Waals surface area (Å²) in [6.45, 7) is 1.97. The third kappa shape index (κ3) is 0.911. The Balaban J connectivity index is 2.16. The van der Waals surface area contributed by atoms with E-state index in [1.165, 1.54) is 25.7 Å². The van der Waals surface area contributed by atoms with E-state index in [9.17, 15) is 0 Å². The van der Waals surface area contributed by atoms with Crippen LogP contribution < -0.4 is 5.32 Å². The zero-order valence-corrected chi connectivity index (χ0v) is 6.19. The highest BCUT2D eigenvalue weighted by atomic mass is 15.0. The summed E-state index contributed by atoms with van der Waals surface area (Å²) in [5.41, 5.74) is 0.207. The van der Waals surface area contributed by atoms with Gasteiger partial charge in [-0.15, -0.1) is 0 Å². The van der Waals surface area contributed by atoms with Crippen LogP contribution in [0.25, 0.3) is 4.85 Å². The van der Waals surface area contributed by atoms with Gasteiger partial charge < -0.3 is 0 Å². The van der Waals surface area contributed by atoms with Gasteiger partial charge in [-0.25, -0.2) is 0 Å². The topological polar surface area (TPSA) is 16.4 Å². The standard InChI is InChI=1S/C8H13N2/c1-2-4-8(3-1)7-9-5-6-10-8/h10H,1-6H2/q+1. The molecule has 0 aromatic rings. The van der Waals surface area contributed by atoms with E-state index in [0.717, 1.165) is 13.1 Å². The Morgan fingerprint density at radius 1 is 1.30 bits per heavy atom. The summed E-state index contributed by atoms with van der Waals surface area (Å²) in [4.78, 5) is 4.20. The molecule has 0 amide bonds. The van der Waals surface area contributed by atoms with Crippen molar-refractivity contribution in [2.45, 2.75) is 31.2 Å². The molecule has 10 heavy (non-hydrogen) atoms. The molecule has 1 heterocycles. The van der Waals surface area contributed by atoms with E-state index in [0.29, 0.717) is 0 Å². The van der Waals surface area contributed by atoms with Crippen LogP contribution in [0.3, 0.4) is 0 Å². The minimum atomic E-state index is 0.207. The van der Waals surface area contributed by atoms with Crippen molar-refractivity contribution in [3.05, 3.63) is 4.85 Å². The molecule has 0 radical (unpaired) electrons. The van der Waals surface area contributed by atoms with E-state index >= 15 is 0 Å².